The fourth-order valence-electron chi connectivity index (χ4n) is 5.34. The Morgan fingerprint density at radius 2 is 1.91 bits per heavy atom. The SMILES string of the molecule is CCC(=O)CCCCC[C@H](NC(=O)[C@H]1CC12CCN(CC)CC2)c1ncc(-c2ccc(Cl)cc2)o1. The molecular weight excluding hydrogens is 462 g/mol. The van der Waals surface area contributed by atoms with Crippen molar-refractivity contribution in [1.82, 2.24) is 15.2 Å². The van der Waals surface area contributed by atoms with Gasteiger partial charge in [0.05, 0.1) is 6.20 Å². The number of hydrogen-bond acceptors (Lipinski definition) is 5. The van der Waals surface area contributed by atoms with Crippen LogP contribution in [0.2, 0.25) is 5.02 Å². The standard InChI is InChI=1S/C28H38ClN3O3/c1-3-22(33)8-6-5-7-9-24(27-30-19-25(35-27)20-10-12-21(29)13-11-20)31-26(34)23-18-28(23)14-16-32(4-2)17-15-28/h10-13,19,23-24H,3-9,14-18H2,1-2H3,(H,31,34)/t23-,24+/m1/s1. The highest BCUT2D eigenvalue weighted by Crippen LogP contribution is 2.59. The lowest BCUT2D eigenvalue weighted by Crippen LogP contribution is -2.37. The number of carbonyl (C=O) groups excluding carboxylic acids is 2. The number of nitrogens with one attached hydrogen (secondary N) is 1. The van der Waals surface area contributed by atoms with Crippen LogP contribution in [-0.2, 0) is 9.59 Å². The number of nitrogens with zero attached hydrogens (tertiary/aromatic N) is 2. The summed E-state index contributed by atoms with van der Waals surface area (Å²) in [6.45, 7) is 7.37. The van der Waals surface area contributed by atoms with E-state index in [1.165, 1.54) is 0 Å². The number of piperidine rings is 1. The summed E-state index contributed by atoms with van der Waals surface area (Å²) in [5.41, 5.74) is 1.09. The number of amides is 1. The number of benzene rings is 1. The third kappa shape index (κ3) is 6.53. The van der Waals surface area contributed by atoms with E-state index in [-0.39, 0.29) is 23.3 Å². The first kappa shape index (κ1) is 25.9. The van der Waals surface area contributed by atoms with Gasteiger partial charge in [-0.1, -0.05) is 38.3 Å². The van der Waals surface area contributed by atoms with Gasteiger partial charge in [-0.3, -0.25) is 9.59 Å². The van der Waals surface area contributed by atoms with E-state index in [9.17, 15) is 9.59 Å². The molecule has 1 aliphatic carbocycles. The van der Waals surface area contributed by atoms with E-state index in [2.05, 4.69) is 22.1 Å². The maximum absolute atomic E-state index is 13.3. The zero-order valence-corrected chi connectivity index (χ0v) is 21.8. The molecule has 190 valence electrons. The van der Waals surface area contributed by atoms with Crippen LogP contribution in [0.15, 0.2) is 34.9 Å². The molecule has 1 aliphatic heterocycles. The Balaban J connectivity index is 1.39. The van der Waals surface area contributed by atoms with E-state index in [4.69, 9.17) is 16.0 Å². The van der Waals surface area contributed by atoms with Crippen LogP contribution in [0.1, 0.15) is 83.6 Å². The topological polar surface area (TPSA) is 75.4 Å². The number of halogens is 1. The molecule has 2 heterocycles. The third-order valence-corrected chi connectivity index (χ3v) is 8.17. The van der Waals surface area contributed by atoms with Crippen LogP contribution in [0.3, 0.4) is 0 Å². The number of likely N-dealkylation sites (tertiary alicyclic amines) is 1. The lowest BCUT2D eigenvalue weighted by Gasteiger charge is -2.32. The normalized spacial score (nSPS) is 20.0. The Hall–Kier alpha value is -2.18. The molecule has 0 radical (unpaired) electrons. The Kier molecular flexibility index (Phi) is 8.66. The van der Waals surface area contributed by atoms with Gasteiger partial charge >= 0.3 is 0 Å². The van der Waals surface area contributed by atoms with Crippen molar-refractivity contribution in [2.75, 3.05) is 19.6 Å². The predicted molar refractivity (Wildman–Crippen MR) is 138 cm³/mol. The van der Waals surface area contributed by atoms with E-state index in [0.717, 1.165) is 70.1 Å². The van der Waals surface area contributed by atoms with Crippen molar-refractivity contribution in [3.05, 3.63) is 41.4 Å². The number of hydrogen-bond donors (Lipinski definition) is 1. The van der Waals surface area contributed by atoms with E-state index in [0.29, 0.717) is 35.3 Å². The summed E-state index contributed by atoms with van der Waals surface area (Å²) in [6.07, 6.45) is 9.63. The summed E-state index contributed by atoms with van der Waals surface area (Å²) < 4.78 is 6.12. The zero-order chi connectivity index (χ0) is 24.8. The Morgan fingerprint density at radius 3 is 2.60 bits per heavy atom. The van der Waals surface area contributed by atoms with Crippen molar-refractivity contribution in [2.45, 2.75) is 77.7 Å². The lowest BCUT2D eigenvalue weighted by molar-refractivity contribution is -0.124. The summed E-state index contributed by atoms with van der Waals surface area (Å²) in [7, 11) is 0. The van der Waals surface area contributed by atoms with Crippen LogP contribution in [0.4, 0.5) is 0 Å². The van der Waals surface area contributed by atoms with E-state index in [1.807, 2.05) is 31.2 Å². The minimum absolute atomic E-state index is 0.0943. The second kappa shape index (κ2) is 11.7. The second-order valence-corrected chi connectivity index (χ2v) is 10.6. The molecule has 35 heavy (non-hydrogen) atoms. The minimum atomic E-state index is -0.265. The number of aromatic nitrogens is 1. The number of oxazole rings is 1. The summed E-state index contributed by atoms with van der Waals surface area (Å²) in [5, 5.41) is 3.95. The number of Topliss-reactive ketones (excluding diaryl/α,β-unsaturated/α-hetero) is 1. The molecule has 2 fully saturated rings. The summed E-state index contributed by atoms with van der Waals surface area (Å²) in [4.78, 5) is 31.9. The van der Waals surface area contributed by atoms with Crippen molar-refractivity contribution in [2.24, 2.45) is 11.3 Å². The molecule has 1 spiro atoms. The van der Waals surface area contributed by atoms with Crippen molar-refractivity contribution in [1.29, 1.82) is 0 Å². The first-order valence-corrected chi connectivity index (χ1v) is 13.6. The molecule has 1 saturated carbocycles. The molecule has 1 amide bonds. The van der Waals surface area contributed by atoms with Gasteiger partial charge in [-0.2, -0.15) is 0 Å². The molecule has 1 N–H and O–H groups in total. The Bertz CT molecular complexity index is 995. The first-order chi connectivity index (χ1) is 16.9. The molecule has 4 rings (SSSR count). The molecule has 0 unspecified atom stereocenters. The smallest absolute Gasteiger partial charge is 0.224 e. The maximum Gasteiger partial charge on any atom is 0.224 e. The van der Waals surface area contributed by atoms with E-state index >= 15 is 0 Å². The first-order valence-electron chi connectivity index (χ1n) is 13.2. The van der Waals surface area contributed by atoms with Crippen molar-refractivity contribution >= 4 is 23.3 Å². The van der Waals surface area contributed by atoms with Crippen LogP contribution in [0.5, 0.6) is 0 Å². The number of ketones is 1. The van der Waals surface area contributed by atoms with Gasteiger partial charge in [0.25, 0.3) is 0 Å². The molecule has 0 bridgehead atoms. The van der Waals surface area contributed by atoms with E-state index < -0.39 is 0 Å². The quantitative estimate of drug-likeness (QED) is 0.351. The molecular formula is C28H38ClN3O3. The zero-order valence-electron chi connectivity index (χ0n) is 21.0. The predicted octanol–water partition coefficient (Wildman–Crippen LogP) is 6.20. The highest BCUT2D eigenvalue weighted by Gasteiger charge is 2.58. The summed E-state index contributed by atoms with van der Waals surface area (Å²) in [5.74, 6) is 1.75. The second-order valence-electron chi connectivity index (χ2n) is 10.2. The van der Waals surface area contributed by atoms with Crippen molar-refractivity contribution < 1.29 is 14.0 Å². The number of carbonyl (C=O) groups is 2. The van der Waals surface area contributed by atoms with Crippen LogP contribution < -0.4 is 5.32 Å². The van der Waals surface area contributed by atoms with E-state index in [1.54, 1.807) is 6.20 Å². The average molecular weight is 500 g/mol. The van der Waals surface area contributed by atoms with Gasteiger partial charge < -0.3 is 14.6 Å². The Morgan fingerprint density at radius 1 is 1.17 bits per heavy atom. The van der Waals surface area contributed by atoms with Crippen LogP contribution >= 0.6 is 11.6 Å². The van der Waals surface area contributed by atoms with Crippen molar-refractivity contribution in [3.8, 4) is 11.3 Å². The largest absolute Gasteiger partial charge is 0.438 e. The summed E-state index contributed by atoms with van der Waals surface area (Å²) >= 11 is 6.02. The number of unbranched alkanes of at least 4 members (excludes halogenated alkanes) is 2. The van der Waals surface area contributed by atoms with Gasteiger partial charge in [0.1, 0.15) is 11.8 Å². The summed E-state index contributed by atoms with van der Waals surface area (Å²) in [6, 6.07) is 7.20. The molecule has 7 heteroatoms. The molecule has 2 aromatic rings. The maximum atomic E-state index is 13.3. The molecule has 1 aromatic carbocycles. The van der Waals surface area contributed by atoms with Crippen molar-refractivity contribution in [3.63, 3.8) is 0 Å². The van der Waals surface area contributed by atoms with Gasteiger partial charge in [-0.15, -0.1) is 0 Å². The Labute approximate surface area is 213 Å². The highest BCUT2D eigenvalue weighted by molar-refractivity contribution is 6.30. The third-order valence-electron chi connectivity index (χ3n) is 7.91. The number of rotatable bonds is 12. The minimum Gasteiger partial charge on any atom is -0.438 e. The van der Waals surface area contributed by atoms with Gasteiger partial charge in [-0.25, -0.2) is 4.98 Å². The molecule has 1 saturated heterocycles. The fourth-order valence-corrected chi connectivity index (χ4v) is 5.46. The molecule has 2 atom stereocenters. The van der Waals surface area contributed by atoms with Gasteiger partial charge in [0, 0.05) is 29.3 Å². The highest BCUT2D eigenvalue weighted by atomic mass is 35.5. The monoisotopic (exact) mass is 499 g/mol. The van der Waals surface area contributed by atoms with Crippen LogP contribution in [-0.4, -0.2) is 41.2 Å². The fraction of sp³-hybridized carbons (Fsp3) is 0.607. The average Bonchev–Trinajstić information content (AvgIpc) is 3.34. The van der Waals surface area contributed by atoms with Crippen LogP contribution in [0, 0.1) is 11.3 Å². The van der Waals surface area contributed by atoms with Gasteiger partial charge in [0.15, 0.2) is 5.76 Å². The molecule has 2 aliphatic rings. The van der Waals surface area contributed by atoms with Gasteiger partial charge in [-0.05, 0) is 81.4 Å². The molecule has 6 nitrogen and oxygen atoms in total. The van der Waals surface area contributed by atoms with Crippen LogP contribution in [0.25, 0.3) is 11.3 Å². The lowest BCUT2D eigenvalue weighted by atomic mass is 9.90. The molecule has 1 aromatic heterocycles. The van der Waals surface area contributed by atoms with Gasteiger partial charge in [0.2, 0.25) is 11.8 Å².